The molecule has 0 heterocycles. The van der Waals surface area contributed by atoms with Crippen LogP contribution in [-0.2, 0) is 32.5 Å². The van der Waals surface area contributed by atoms with Gasteiger partial charge in [-0.15, -0.1) is 0 Å². The van der Waals surface area contributed by atoms with Gasteiger partial charge in [0.05, 0.1) is 9.79 Å². The third kappa shape index (κ3) is 12.6. The minimum atomic E-state index is -0.167. The van der Waals surface area contributed by atoms with Crippen LogP contribution in [0.15, 0.2) is 34.1 Å². The molecule has 0 unspecified atom stereocenters. The number of aliphatic hydroxyl groups is 2. The number of hydrogen-bond donors (Lipinski definition) is 4. The molecule has 0 saturated carbocycles. The van der Waals surface area contributed by atoms with Crippen LogP contribution in [-0.4, -0.2) is 32.6 Å². The molecule has 0 aromatic heterocycles. The first-order valence-corrected chi connectivity index (χ1v) is 12.3. The molecule has 192 valence electrons. The quantitative estimate of drug-likeness (QED) is 0.311. The Labute approximate surface area is 227 Å². The van der Waals surface area contributed by atoms with Crippen molar-refractivity contribution in [3.63, 3.8) is 0 Å². The molecule has 0 atom stereocenters. The Morgan fingerprint density at radius 3 is 1.06 bits per heavy atom. The van der Waals surface area contributed by atoms with E-state index in [0.717, 1.165) is 32.0 Å². The minimum absolute atomic E-state index is 0. The molecule has 2 aromatic carbocycles. The zero-order valence-corrected chi connectivity index (χ0v) is 25.5. The number of aliphatic hydroxyl groups excluding tert-OH is 2. The summed E-state index contributed by atoms with van der Waals surface area (Å²) >= 11 is 1.43. The van der Waals surface area contributed by atoms with E-state index in [0.29, 0.717) is 11.5 Å². The number of phenols is 2. The van der Waals surface area contributed by atoms with Crippen LogP contribution in [0.5, 0.6) is 11.5 Å². The van der Waals surface area contributed by atoms with Crippen molar-refractivity contribution in [1.29, 1.82) is 0 Å². The largest absolute Gasteiger partial charge is 0.506 e. The third-order valence-electron chi connectivity index (χ3n) is 4.27. The second-order valence-corrected chi connectivity index (χ2v) is 12.2. The predicted molar refractivity (Wildman–Crippen MR) is 142 cm³/mol. The average molecular weight is 527 g/mol. The van der Waals surface area contributed by atoms with Gasteiger partial charge in [-0.05, 0) is 75.6 Å². The molecule has 0 spiro atoms. The van der Waals surface area contributed by atoms with Crippen LogP contribution in [0.3, 0.4) is 0 Å². The standard InChI is InChI=1S/C22H30O2S.2C3H8O.Ti/c1-13-9-15(21(3,4)5)19(23)17(11-13)25-18-12-14(2)10-16(20(18)24)22(6,7)8;2*1-3(2)4;/h9-12,23-24H,1-8H3;2*3-4H,1-2H3;. The van der Waals surface area contributed by atoms with Gasteiger partial charge in [0, 0.05) is 45.1 Å². The summed E-state index contributed by atoms with van der Waals surface area (Å²) in [4.78, 5) is 1.57. The Morgan fingerprint density at radius 1 is 0.618 bits per heavy atom. The normalized spacial score (nSPS) is 11.3. The Balaban J connectivity index is 0. The molecule has 4 nitrogen and oxygen atoms in total. The Bertz CT molecular complexity index is 816. The maximum Gasteiger partial charge on any atom is 0.133 e. The maximum absolute atomic E-state index is 10.8. The van der Waals surface area contributed by atoms with Gasteiger partial charge in [-0.25, -0.2) is 0 Å². The van der Waals surface area contributed by atoms with Crippen LogP contribution in [0.2, 0.25) is 0 Å². The Morgan fingerprint density at radius 2 is 0.853 bits per heavy atom. The van der Waals surface area contributed by atoms with E-state index in [2.05, 4.69) is 41.5 Å². The van der Waals surface area contributed by atoms with Gasteiger partial charge in [0.15, 0.2) is 0 Å². The summed E-state index contributed by atoms with van der Waals surface area (Å²) < 4.78 is 0. The van der Waals surface area contributed by atoms with E-state index in [-0.39, 0.29) is 44.8 Å². The van der Waals surface area contributed by atoms with Crippen molar-refractivity contribution >= 4 is 11.8 Å². The summed E-state index contributed by atoms with van der Waals surface area (Å²) in [6.45, 7) is 23.5. The van der Waals surface area contributed by atoms with Crippen molar-refractivity contribution < 1.29 is 42.1 Å². The first-order valence-electron chi connectivity index (χ1n) is 11.5. The van der Waals surface area contributed by atoms with E-state index in [9.17, 15) is 10.2 Å². The molecule has 2 rings (SSSR count). The molecular formula is C28H46O4STi. The minimum Gasteiger partial charge on any atom is -0.506 e. The second kappa shape index (κ2) is 14.6. The van der Waals surface area contributed by atoms with E-state index in [1.54, 1.807) is 27.7 Å². The number of hydrogen-bond acceptors (Lipinski definition) is 5. The van der Waals surface area contributed by atoms with Gasteiger partial charge in [-0.1, -0.05) is 65.4 Å². The smallest absolute Gasteiger partial charge is 0.133 e. The zero-order chi connectivity index (χ0) is 26.3. The molecule has 0 fully saturated rings. The summed E-state index contributed by atoms with van der Waals surface area (Å²) in [5.41, 5.74) is 3.78. The van der Waals surface area contributed by atoms with Gasteiger partial charge in [-0.3, -0.25) is 0 Å². The first-order chi connectivity index (χ1) is 14.8. The molecule has 0 saturated heterocycles. The molecule has 6 heteroatoms. The van der Waals surface area contributed by atoms with E-state index >= 15 is 0 Å². The topological polar surface area (TPSA) is 80.9 Å². The number of aromatic hydroxyl groups is 2. The summed E-state index contributed by atoms with van der Waals surface area (Å²) in [6.07, 6.45) is -0.333. The van der Waals surface area contributed by atoms with Gasteiger partial charge in [-0.2, -0.15) is 0 Å². The van der Waals surface area contributed by atoms with Gasteiger partial charge < -0.3 is 20.4 Å². The van der Waals surface area contributed by atoms with Crippen molar-refractivity contribution in [3.05, 3.63) is 46.5 Å². The number of rotatable bonds is 2. The number of benzene rings is 2. The maximum atomic E-state index is 10.8. The second-order valence-electron chi connectivity index (χ2n) is 11.1. The Hall–Kier alpha value is -0.976. The van der Waals surface area contributed by atoms with Gasteiger partial charge in [0.25, 0.3) is 0 Å². The van der Waals surface area contributed by atoms with Crippen LogP contribution < -0.4 is 0 Å². The SMILES string of the molecule is CC(C)O.CC(C)O.Cc1cc(Sc2cc(C)cc(C(C)(C)C)c2O)c(O)c(C(C)(C)C)c1.[Ti]. The number of aryl methyl sites for hydroxylation is 2. The molecule has 34 heavy (non-hydrogen) atoms. The summed E-state index contributed by atoms with van der Waals surface area (Å²) in [5.74, 6) is 0.614. The fraction of sp³-hybridized carbons (Fsp3) is 0.571. The molecular weight excluding hydrogens is 480 g/mol. The molecule has 0 aliphatic heterocycles. The van der Waals surface area contributed by atoms with Crippen LogP contribution in [0.25, 0.3) is 0 Å². The van der Waals surface area contributed by atoms with E-state index in [1.807, 2.05) is 38.1 Å². The molecule has 0 radical (unpaired) electrons. The van der Waals surface area contributed by atoms with Crippen molar-refractivity contribution in [3.8, 4) is 11.5 Å². The van der Waals surface area contributed by atoms with Crippen LogP contribution >= 0.6 is 11.8 Å². The van der Waals surface area contributed by atoms with Gasteiger partial charge >= 0.3 is 0 Å². The van der Waals surface area contributed by atoms with Gasteiger partial charge in [0.2, 0.25) is 0 Å². The van der Waals surface area contributed by atoms with Gasteiger partial charge in [0.1, 0.15) is 11.5 Å². The molecule has 2 aromatic rings. The van der Waals surface area contributed by atoms with Crippen LogP contribution in [0, 0.1) is 13.8 Å². The van der Waals surface area contributed by atoms with Crippen LogP contribution in [0.4, 0.5) is 0 Å². The fourth-order valence-corrected chi connectivity index (χ4v) is 4.05. The predicted octanol–water partition coefficient (Wildman–Crippen LogP) is 7.23. The van der Waals surface area contributed by atoms with Crippen molar-refractivity contribution in [1.82, 2.24) is 0 Å². The average Bonchev–Trinajstić information content (AvgIpc) is 2.57. The molecule has 0 amide bonds. The van der Waals surface area contributed by atoms with E-state index < -0.39 is 0 Å². The van der Waals surface area contributed by atoms with E-state index in [1.165, 1.54) is 11.8 Å². The molecule has 0 bridgehead atoms. The summed E-state index contributed by atoms with van der Waals surface area (Å²) in [5, 5.41) is 37.7. The van der Waals surface area contributed by atoms with Crippen molar-refractivity contribution in [2.45, 2.75) is 116 Å². The number of phenolic OH excluding ortho intramolecular Hbond substituents is 2. The molecule has 4 N–H and O–H groups in total. The van der Waals surface area contributed by atoms with Crippen molar-refractivity contribution in [2.75, 3.05) is 0 Å². The monoisotopic (exact) mass is 526 g/mol. The first kappa shape index (κ1) is 35.2. The zero-order valence-electron chi connectivity index (χ0n) is 23.2. The third-order valence-corrected chi connectivity index (χ3v) is 5.34. The summed E-state index contributed by atoms with van der Waals surface area (Å²) in [7, 11) is 0. The fourth-order valence-electron chi connectivity index (χ4n) is 2.91. The van der Waals surface area contributed by atoms with Crippen LogP contribution in [0.1, 0.15) is 91.5 Å². The molecule has 0 aliphatic rings. The Kier molecular flexibility index (Phi) is 15.1. The molecule has 0 aliphatic carbocycles. The van der Waals surface area contributed by atoms with Crippen molar-refractivity contribution in [2.24, 2.45) is 0 Å². The van der Waals surface area contributed by atoms with E-state index in [4.69, 9.17) is 10.2 Å². The summed E-state index contributed by atoms with van der Waals surface area (Å²) in [6, 6.07) is 8.04.